The molecule has 3 heterocycles. The van der Waals surface area contributed by atoms with Gasteiger partial charge in [-0.1, -0.05) is 18.2 Å². The topological polar surface area (TPSA) is 199 Å². The quantitative estimate of drug-likeness (QED) is 0.195. The summed E-state index contributed by atoms with van der Waals surface area (Å²) in [6.07, 6.45) is 1.78. The Balaban J connectivity index is 0.000000181. The van der Waals surface area contributed by atoms with Crippen molar-refractivity contribution in [3.63, 3.8) is 0 Å². The van der Waals surface area contributed by atoms with Crippen LogP contribution in [-0.2, 0) is 41.9 Å². The summed E-state index contributed by atoms with van der Waals surface area (Å²) < 4.78 is 4.71. The number of hydrogen-bond acceptors (Lipinski definition) is 11. The van der Waals surface area contributed by atoms with Crippen molar-refractivity contribution < 1.29 is 19.4 Å². The van der Waals surface area contributed by atoms with Crippen LogP contribution >= 0.6 is 23.7 Å². The lowest BCUT2D eigenvalue weighted by molar-refractivity contribution is -0.145. The fraction of sp³-hybridized carbons (Fsp3) is 0.308. The Labute approximate surface area is 236 Å². The molecule has 2 aromatic carbocycles. The lowest BCUT2D eigenvalue weighted by atomic mass is 9.96. The van der Waals surface area contributed by atoms with Crippen LogP contribution in [0.3, 0.4) is 0 Å². The Morgan fingerprint density at radius 2 is 1.95 bits per heavy atom. The summed E-state index contributed by atoms with van der Waals surface area (Å²) in [6, 6.07) is 6.17. The number of rotatable bonds is 4. The third-order valence-electron chi connectivity index (χ3n) is 7.12. The number of carboxylic acid groups (broad SMARTS) is 1. The maximum atomic E-state index is 12.0. The van der Waals surface area contributed by atoms with E-state index in [1.165, 1.54) is 24.0 Å². The monoisotopic (exact) mass is 587 g/mol. The van der Waals surface area contributed by atoms with Crippen LogP contribution < -0.4 is 32.8 Å². The summed E-state index contributed by atoms with van der Waals surface area (Å²) in [4.78, 5) is 66.5. The van der Waals surface area contributed by atoms with E-state index in [0.29, 0.717) is 48.4 Å². The molecule has 0 saturated heterocycles. The number of nitrogens with zero attached hydrogens (tertiary/aromatic N) is 2. The van der Waals surface area contributed by atoms with Crippen LogP contribution in [0.25, 0.3) is 10.2 Å². The van der Waals surface area contributed by atoms with Gasteiger partial charge >= 0.3 is 11.9 Å². The summed E-state index contributed by atoms with van der Waals surface area (Å²) in [5.74, 6) is -2.21. The summed E-state index contributed by atoms with van der Waals surface area (Å²) in [5.41, 5.74) is 14.5. The van der Waals surface area contributed by atoms with Gasteiger partial charge < -0.3 is 31.2 Å². The number of nitrogens with one attached hydrogen (secondary N) is 1. The SMILES string of the molecule is COC(=O)C1Cc2sc3nc(C(=O)O)[nH]c(=O)c3c2C1.Cl.NCc1ccc2c(c1)CN(c1c(N)c(=O)c1=O)CC2. The van der Waals surface area contributed by atoms with Crippen LogP contribution in [0.4, 0.5) is 11.4 Å². The number of fused-ring (bicyclic) bond motifs is 4. The molecule has 210 valence electrons. The Kier molecular flexibility index (Phi) is 8.10. The molecule has 2 aromatic heterocycles. The van der Waals surface area contributed by atoms with Gasteiger partial charge in [0.2, 0.25) is 5.82 Å². The molecule has 4 aromatic rings. The molecule has 14 heteroatoms. The van der Waals surface area contributed by atoms with Crippen molar-refractivity contribution in [3.05, 3.63) is 82.0 Å². The molecule has 0 fully saturated rings. The molecule has 6 N–H and O–H groups in total. The number of thiophene rings is 1. The first-order chi connectivity index (χ1) is 18.6. The second-order valence-electron chi connectivity index (χ2n) is 9.43. The number of anilines is 2. The zero-order chi connectivity index (χ0) is 28.0. The minimum Gasteiger partial charge on any atom is -0.475 e. The van der Waals surface area contributed by atoms with Gasteiger partial charge in [-0.3, -0.25) is 19.2 Å². The second kappa shape index (κ2) is 11.2. The average molecular weight is 588 g/mol. The molecular weight excluding hydrogens is 562 g/mol. The first kappa shape index (κ1) is 28.9. The largest absolute Gasteiger partial charge is 0.475 e. The van der Waals surface area contributed by atoms with E-state index in [-0.39, 0.29) is 35.8 Å². The fourth-order valence-corrected chi connectivity index (χ4v) is 6.39. The highest BCUT2D eigenvalue weighted by molar-refractivity contribution is 7.18. The number of nitrogen functional groups attached to an aromatic ring is 1. The number of aromatic carboxylic acids is 1. The summed E-state index contributed by atoms with van der Waals surface area (Å²) in [6.45, 7) is 1.82. The number of aromatic amines is 1. The number of carboxylic acids is 1. The number of H-pyrrole nitrogens is 1. The lowest BCUT2D eigenvalue weighted by Crippen LogP contribution is -2.44. The van der Waals surface area contributed by atoms with Gasteiger partial charge in [0.15, 0.2) is 0 Å². The number of halogens is 1. The van der Waals surface area contributed by atoms with Gasteiger partial charge in [0, 0.05) is 24.5 Å². The van der Waals surface area contributed by atoms with Gasteiger partial charge in [0.1, 0.15) is 16.2 Å². The molecule has 0 bridgehead atoms. The van der Waals surface area contributed by atoms with E-state index in [2.05, 4.69) is 22.1 Å². The molecule has 1 aliphatic heterocycles. The molecule has 2 aliphatic rings. The van der Waals surface area contributed by atoms with E-state index in [1.54, 1.807) is 0 Å². The number of hydrogen-bond donors (Lipinski definition) is 4. The van der Waals surface area contributed by atoms with Crippen molar-refractivity contribution in [1.82, 2.24) is 9.97 Å². The van der Waals surface area contributed by atoms with E-state index in [1.807, 2.05) is 11.0 Å². The van der Waals surface area contributed by atoms with Crippen molar-refractivity contribution in [3.8, 4) is 0 Å². The molecule has 0 saturated carbocycles. The Bertz CT molecular complexity index is 1770. The molecule has 1 unspecified atom stereocenters. The maximum absolute atomic E-state index is 12.0. The standard InChI is InChI=1S/C14H15N3O2.C12H10N2O5S.ClH/c15-6-8-1-2-9-3-4-17(7-10(9)5-8)12-11(16)13(18)14(12)19;1-19-12(18)4-2-5-6(3-4)20-10-7(5)9(15)13-8(14-10)11(16)17;/h1-2,5H,3-4,6-7,15-16H2;4H,2-3H2,1H3,(H,16,17)(H,13,14,15);1H. The molecule has 40 heavy (non-hydrogen) atoms. The number of aromatic nitrogens is 2. The van der Waals surface area contributed by atoms with Gasteiger partial charge in [-0.05, 0) is 41.5 Å². The highest BCUT2D eigenvalue weighted by Crippen LogP contribution is 2.37. The van der Waals surface area contributed by atoms with Crippen molar-refractivity contribution in [2.75, 3.05) is 24.3 Å². The summed E-state index contributed by atoms with van der Waals surface area (Å²) in [5, 5.41) is 9.26. The molecular formula is C26H26ClN5O7S. The summed E-state index contributed by atoms with van der Waals surface area (Å²) in [7, 11) is 1.33. The van der Waals surface area contributed by atoms with E-state index < -0.39 is 22.4 Å². The second-order valence-corrected chi connectivity index (χ2v) is 10.5. The highest BCUT2D eigenvalue weighted by atomic mass is 35.5. The Morgan fingerprint density at radius 1 is 1.20 bits per heavy atom. The minimum atomic E-state index is -1.27. The molecule has 12 nitrogen and oxygen atoms in total. The zero-order valence-electron chi connectivity index (χ0n) is 21.3. The van der Waals surface area contributed by atoms with Crippen LogP contribution in [0.2, 0.25) is 0 Å². The third kappa shape index (κ3) is 4.98. The zero-order valence-corrected chi connectivity index (χ0v) is 22.9. The predicted molar refractivity (Wildman–Crippen MR) is 152 cm³/mol. The first-order valence-electron chi connectivity index (χ1n) is 12.1. The number of carbonyl (C=O) groups excluding carboxylic acids is 1. The smallest absolute Gasteiger partial charge is 0.372 e. The van der Waals surface area contributed by atoms with Crippen LogP contribution in [0.5, 0.6) is 0 Å². The van der Waals surface area contributed by atoms with Crippen LogP contribution in [0, 0.1) is 5.92 Å². The number of ether oxygens (including phenoxy) is 1. The van der Waals surface area contributed by atoms with Crippen LogP contribution in [0.15, 0.2) is 32.6 Å². The van der Waals surface area contributed by atoms with Crippen molar-refractivity contribution in [2.45, 2.75) is 32.4 Å². The molecule has 0 radical (unpaired) electrons. The van der Waals surface area contributed by atoms with Gasteiger partial charge in [-0.2, -0.15) is 0 Å². The molecule has 1 aliphatic carbocycles. The molecule has 6 rings (SSSR count). The van der Waals surface area contributed by atoms with Crippen molar-refractivity contribution >= 4 is 57.3 Å². The first-order valence-corrected chi connectivity index (χ1v) is 12.9. The number of esters is 1. The minimum absolute atomic E-state index is 0. The van der Waals surface area contributed by atoms with Gasteiger partial charge in [-0.25, -0.2) is 9.78 Å². The number of nitrogens with two attached hydrogens (primary N) is 2. The van der Waals surface area contributed by atoms with Gasteiger partial charge in [0.05, 0.1) is 18.4 Å². The van der Waals surface area contributed by atoms with E-state index in [9.17, 15) is 24.0 Å². The van der Waals surface area contributed by atoms with Crippen molar-refractivity contribution in [1.29, 1.82) is 0 Å². The van der Waals surface area contributed by atoms with E-state index in [0.717, 1.165) is 28.0 Å². The van der Waals surface area contributed by atoms with Crippen LogP contribution in [0.1, 0.15) is 37.7 Å². The highest BCUT2D eigenvalue weighted by Gasteiger charge is 2.33. The number of methoxy groups -OCH3 is 1. The molecule has 0 spiro atoms. The van der Waals surface area contributed by atoms with E-state index in [4.69, 9.17) is 21.3 Å². The van der Waals surface area contributed by atoms with Gasteiger partial charge in [-0.15, -0.1) is 23.7 Å². The molecule has 1 atom stereocenters. The lowest BCUT2D eigenvalue weighted by Gasteiger charge is -2.31. The Morgan fingerprint density at radius 3 is 2.60 bits per heavy atom. The fourth-order valence-electron chi connectivity index (χ4n) is 5.11. The van der Waals surface area contributed by atoms with Gasteiger partial charge in [0.25, 0.3) is 16.4 Å². The summed E-state index contributed by atoms with van der Waals surface area (Å²) >= 11 is 1.26. The maximum Gasteiger partial charge on any atom is 0.372 e. The molecule has 0 amide bonds. The van der Waals surface area contributed by atoms with E-state index >= 15 is 0 Å². The van der Waals surface area contributed by atoms with Crippen LogP contribution in [-0.4, -0.2) is 40.7 Å². The Hall–Kier alpha value is -4.07. The number of carbonyl (C=O) groups is 2. The van der Waals surface area contributed by atoms with Crippen molar-refractivity contribution in [2.24, 2.45) is 11.7 Å². The average Bonchev–Trinajstić information content (AvgIpc) is 3.50. The normalized spacial score (nSPS) is 15.6. The number of benzene rings is 1. The third-order valence-corrected chi connectivity index (χ3v) is 8.27. The predicted octanol–water partition coefficient (Wildman–Crippen LogP) is 0.879.